The van der Waals surface area contributed by atoms with Gasteiger partial charge < -0.3 is 4.52 Å². The predicted octanol–water partition coefficient (Wildman–Crippen LogP) is 0.462. The summed E-state index contributed by atoms with van der Waals surface area (Å²) in [6.07, 6.45) is 1.57. The fourth-order valence-electron chi connectivity index (χ4n) is 1.39. The number of hydrogen-bond acceptors (Lipinski definition) is 6. The zero-order valence-electron chi connectivity index (χ0n) is 9.78. The van der Waals surface area contributed by atoms with E-state index in [-0.39, 0.29) is 11.4 Å². The van der Waals surface area contributed by atoms with Gasteiger partial charge in [0.1, 0.15) is 0 Å². The summed E-state index contributed by atoms with van der Waals surface area (Å²) in [5.41, 5.74) is 0.407. The molecule has 0 radical (unpaired) electrons. The molecule has 0 aliphatic carbocycles. The van der Waals surface area contributed by atoms with Crippen molar-refractivity contribution in [3.63, 3.8) is 0 Å². The monoisotopic (exact) mass is 278 g/mol. The fourth-order valence-corrected chi connectivity index (χ4v) is 2.42. The first-order valence-corrected chi connectivity index (χ1v) is 6.85. The van der Waals surface area contributed by atoms with Crippen LogP contribution in [0.1, 0.15) is 11.5 Å². The first-order chi connectivity index (χ1) is 9.12. The van der Waals surface area contributed by atoms with Crippen LogP contribution in [0.4, 0.5) is 0 Å². The van der Waals surface area contributed by atoms with Gasteiger partial charge in [0, 0.05) is 13.0 Å². The molecule has 1 N–H and O–H groups in total. The van der Waals surface area contributed by atoms with E-state index in [1.165, 1.54) is 30.6 Å². The van der Waals surface area contributed by atoms with Gasteiger partial charge in [-0.3, -0.25) is 0 Å². The van der Waals surface area contributed by atoms with Gasteiger partial charge in [0.15, 0.2) is 6.33 Å². The van der Waals surface area contributed by atoms with Gasteiger partial charge in [-0.1, -0.05) is 5.16 Å². The molecule has 1 heterocycles. The maximum Gasteiger partial charge on any atom is 0.240 e. The van der Waals surface area contributed by atoms with Crippen LogP contribution in [0, 0.1) is 11.3 Å². The highest BCUT2D eigenvalue weighted by atomic mass is 32.2. The van der Waals surface area contributed by atoms with Crippen molar-refractivity contribution >= 4 is 10.0 Å². The number of nitriles is 1. The van der Waals surface area contributed by atoms with Gasteiger partial charge in [-0.25, -0.2) is 13.1 Å². The van der Waals surface area contributed by atoms with E-state index in [1.807, 2.05) is 6.07 Å². The molecule has 0 saturated carbocycles. The summed E-state index contributed by atoms with van der Waals surface area (Å²) in [5.74, 6) is 0.363. The van der Waals surface area contributed by atoms with Gasteiger partial charge in [-0.2, -0.15) is 10.2 Å². The van der Waals surface area contributed by atoms with Crippen molar-refractivity contribution in [2.75, 3.05) is 6.54 Å². The predicted molar refractivity (Wildman–Crippen MR) is 64.3 cm³/mol. The lowest BCUT2D eigenvalue weighted by Gasteiger charge is -2.05. The van der Waals surface area contributed by atoms with Gasteiger partial charge in [-0.05, 0) is 24.3 Å². The Morgan fingerprint density at radius 3 is 2.63 bits per heavy atom. The van der Waals surface area contributed by atoms with Crippen molar-refractivity contribution in [3.05, 3.63) is 42.0 Å². The molecule has 0 aliphatic heterocycles. The van der Waals surface area contributed by atoms with Gasteiger partial charge in [0.2, 0.25) is 15.9 Å². The van der Waals surface area contributed by atoms with Crippen molar-refractivity contribution in [2.45, 2.75) is 11.3 Å². The highest BCUT2D eigenvalue weighted by Crippen LogP contribution is 2.09. The molecule has 2 aromatic rings. The Kier molecular flexibility index (Phi) is 3.89. The molecule has 2 rings (SSSR count). The maximum atomic E-state index is 11.9. The summed E-state index contributed by atoms with van der Waals surface area (Å²) < 4.78 is 31.0. The van der Waals surface area contributed by atoms with Crippen molar-refractivity contribution in [3.8, 4) is 6.07 Å². The van der Waals surface area contributed by atoms with Crippen LogP contribution in [0.3, 0.4) is 0 Å². The summed E-state index contributed by atoms with van der Waals surface area (Å²) in [4.78, 5) is 3.89. The largest absolute Gasteiger partial charge is 0.340 e. The molecule has 0 atom stereocenters. The van der Waals surface area contributed by atoms with Crippen molar-refractivity contribution in [1.82, 2.24) is 14.9 Å². The lowest BCUT2D eigenvalue weighted by atomic mass is 10.2. The Morgan fingerprint density at radius 2 is 2.05 bits per heavy atom. The SMILES string of the molecule is N#Cc1ccc(S(=O)(=O)NCCc2ncno2)cc1. The third-order valence-corrected chi connectivity index (χ3v) is 3.81. The Balaban J connectivity index is 1.99. The fraction of sp³-hybridized carbons (Fsp3) is 0.182. The van der Waals surface area contributed by atoms with Crippen molar-refractivity contribution in [1.29, 1.82) is 5.26 Å². The van der Waals surface area contributed by atoms with E-state index in [1.54, 1.807) is 0 Å². The number of nitrogens with one attached hydrogen (secondary N) is 1. The van der Waals surface area contributed by atoms with Crippen LogP contribution in [0.5, 0.6) is 0 Å². The molecule has 0 aliphatic rings. The number of sulfonamides is 1. The van der Waals surface area contributed by atoms with Crippen molar-refractivity contribution < 1.29 is 12.9 Å². The van der Waals surface area contributed by atoms with Gasteiger partial charge >= 0.3 is 0 Å². The molecule has 0 unspecified atom stereocenters. The molecule has 0 saturated heterocycles. The van der Waals surface area contributed by atoms with E-state index in [0.29, 0.717) is 17.9 Å². The van der Waals surface area contributed by atoms with Gasteiger partial charge in [0.25, 0.3) is 0 Å². The Labute approximate surface area is 109 Å². The summed E-state index contributed by atoms with van der Waals surface area (Å²) in [7, 11) is -3.59. The van der Waals surface area contributed by atoms with Crippen LogP contribution >= 0.6 is 0 Å². The maximum absolute atomic E-state index is 11.9. The van der Waals surface area contributed by atoms with E-state index < -0.39 is 10.0 Å². The lowest BCUT2D eigenvalue weighted by Crippen LogP contribution is -2.26. The first-order valence-electron chi connectivity index (χ1n) is 5.37. The number of benzene rings is 1. The van der Waals surface area contributed by atoms with Crippen LogP contribution in [0.2, 0.25) is 0 Å². The molecule has 98 valence electrons. The van der Waals surface area contributed by atoms with Gasteiger partial charge in [0.05, 0.1) is 16.5 Å². The molecule has 1 aromatic heterocycles. The third kappa shape index (κ3) is 3.37. The second-order valence-electron chi connectivity index (χ2n) is 3.62. The molecule has 0 fully saturated rings. The smallest absolute Gasteiger partial charge is 0.240 e. The van der Waals surface area contributed by atoms with E-state index in [9.17, 15) is 8.42 Å². The highest BCUT2D eigenvalue weighted by Gasteiger charge is 2.13. The highest BCUT2D eigenvalue weighted by molar-refractivity contribution is 7.89. The molecule has 7 nitrogen and oxygen atoms in total. The summed E-state index contributed by atoms with van der Waals surface area (Å²) in [6.45, 7) is 0.157. The number of hydrogen-bond donors (Lipinski definition) is 1. The molecule has 0 bridgehead atoms. The third-order valence-electron chi connectivity index (χ3n) is 2.33. The van der Waals surface area contributed by atoms with Crippen LogP contribution in [-0.4, -0.2) is 25.1 Å². The molecule has 0 spiro atoms. The van der Waals surface area contributed by atoms with E-state index in [4.69, 9.17) is 9.78 Å². The Bertz CT molecular complexity index is 672. The Morgan fingerprint density at radius 1 is 1.32 bits per heavy atom. The summed E-state index contributed by atoms with van der Waals surface area (Å²) in [5, 5.41) is 12.1. The number of aromatic nitrogens is 2. The van der Waals surface area contributed by atoms with Crippen LogP contribution in [0.15, 0.2) is 40.0 Å². The molecule has 19 heavy (non-hydrogen) atoms. The minimum Gasteiger partial charge on any atom is -0.340 e. The minimum absolute atomic E-state index is 0.108. The van der Waals surface area contributed by atoms with Crippen LogP contribution in [-0.2, 0) is 16.4 Å². The molecule has 1 aromatic carbocycles. The zero-order chi connectivity index (χ0) is 13.7. The van der Waals surface area contributed by atoms with Crippen LogP contribution in [0.25, 0.3) is 0 Å². The minimum atomic E-state index is -3.59. The molecular formula is C11H10N4O3S. The topological polar surface area (TPSA) is 109 Å². The number of rotatable bonds is 5. The quantitative estimate of drug-likeness (QED) is 0.851. The lowest BCUT2D eigenvalue weighted by molar-refractivity contribution is 0.377. The second kappa shape index (κ2) is 5.60. The number of nitrogens with zero attached hydrogens (tertiary/aromatic N) is 3. The first kappa shape index (κ1) is 13.2. The zero-order valence-corrected chi connectivity index (χ0v) is 10.6. The summed E-state index contributed by atoms with van der Waals surface area (Å²) in [6, 6.07) is 7.59. The van der Waals surface area contributed by atoms with Gasteiger partial charge in [-0.15, -0.1) is 0 Å². The second-order valence-corrected chi connectivity index (χ2v) is 5.39. The van der Waals surface area contributed by atoms with E-state index in [0.717, 1.165) is 0 Å². The van der Waals surface area contributed by atoms with Crippen LogP contribution < -0.4 is 4.72 Å². The Hall–Kier alpha value is -2.24. The summed E-state index contributed by atoms with van der Waals surface area (Å²) >= 11 is 0. The molecular weight excluding hydrogens is 268 g/mol. The molecule has 0 amide bonds. The normalized spacial score (nSPS) is 11.1. The standard InChI is InChI=1S/C11H10N4O3S/c12-7-9-1-3-10(4-2-9)19(16,17)15-6-5-11-13-8-14-18-11/h1-4,8,15H,5-6H2. The average Bonchev–Trinajstić information content (AvgIpc) is 2.92. The average molecular weight is 278 g/mol. The van der Waals surface area contributed by atoms with E-state index >= 15 is 0 Å². The van der Waals surface area contributed by atoms with E-state index in [2.05, 4.69) is 14.9 Å². The van der Waals surface area contributed by atoms with Crippen molar-refractivity contribution in [2.24, 2.45) is 0 Å². The molecule has 8 heteroatoms.